The van der Waals surface area contributed by atoms with Gasteiger partial charge in [0.2, 0.25) is 10.0 Å². The fraction of sp³-hybridized carbons (Fsp3) is 0.176. The molecule has 2 aromatic carbocycles. The van der Waals surface area contributed by atoms with E-state index in [0.717, 1.165) is 4.31 Å². The Hall–Kier alpha value is -2.71. The van der Waals surface area contributed by atoms with Crippen molar-refractivity contribution < 1.29 is 22.4 Å². The lowest BCUT2D eigenvalue weighted by Gasteiger charge is -2.11. The third kappa shape index (κ3) is 3.40. The molecule has 0 aliphatic carbocycles. The maximum Gasteiger partial charge on any atom is 0.343 e. The van der Waals surface area contributed by atoms with E-state index in [1.165, 1.54) is 38.4 Å². The molecule has 130 valence electrons. The number of carbonyl (C=O) groups is 1. The zero-order valence-corrected chi connectivity index (χ0v) is 14.7. The number of aryl methyl sites for hydroxylation is 1. The zero-order chi connectivity index (χ0) is 18.2. The second-order valence-electron chi connectivity index (χ2n) is 5.56. The Kier molecular flexibility index (Phi) is 4.32. The van der Waals surface area contributed by atoms with Crippen molar-refractivity contribution in [3.8, 4) is 5.75 Å². The molecule has 0 bridgehead atoms. The van der Waals surface area contributed by atoms with Gasteiger partial charge >= 0.3 is 5.97 Å². The highest BCUT2D eigenvalue weighted by Gasteiger charge is 2.18. The van der Waals surface area contributed by atoms with E-state index in [9.17, 15) is 13.2 Å². The molecule has 0 spiro atoms. The third-order valence-corrected chi connectivity index (χ3v) is 5.38. The van der Waals surface area contributed by atoms with Gasteiger partial charge in [-0.3, -0.25) is 0 Å². The van der Waals surface area contributed by atoms with Gasteiger partial charge in [-0.15, -0.1) is 0 Å². The van der Waals surface area contributed by atoms with Crippen molar-refractivity contribution in [1.82, 2.24) is 9.29 Å². The maximum absolute atomic E-state index is 12.2. The summed E-state index contributed by atoms with van der Waals surface area (Å²) in [4.78, 5) is 16.5. The first-order chi connectivity index (χ1) is 11.8. The quantitative estimate of drug-likeness (QED) is 0.525. The Bertz CT molecular complexity index is 1040. The summed E-state index contributed by atoms with van der Waals surface area (Å²) in [5.74, 6) is 0.249. The van der Waals surface area contributed by atoms with Crippen LogP contribution in [-0.2, 0) is 10.0 Å². The summed E-state index contributed by atoms with van der Waals surface area (Å²) in [6, 6.07) is 10.5. The SMILES string of the molecule is Cc1nc2ccc(OC(=O)c3ccc(S(=O)(=O)N(C)C)cc3)cc2o1. The van der Waals surface area contributed by atoms with E-state index < -0.39 is 16.0 Å². The average molecular weight is 360 g/mol. The molecule has 0 N–H and O–H groups in total. The molecule has 0 saturated heterocycles. The van der Waals surface area contributed by atoms with Gasteiger partial charge in [-0.1, -0.05) is 0 Å². The standard InChI is InChI=1S/C17H16N2O5S/c1-11-18-15-9-6-13(10-16(15)23-11)24-17(20)12-4-7-14(8-5-12)25(21,22)19(2)3/h4-10H,1-3H3. The number of hydrogen-bond acceptors (Lipinski definition) is 6. The highest BCUT2D eigenvalue weighted by Crippen LogP contribution is 2.22. The summed E-state index contributed by atoms with van der Waals surface area (Å²) in [7, 11) is -0.652. The van der Waals surface area contributed by atoms with Gasteiger partial charge < -0.3 is 9.15 Å². The maximum atomic E-state index is 12.2. The predicted octanol–water partition coefficient (Wildman–Crippen LogP) is 2.61. The lowest BCUT2D eigenvalue weighted by atomic mass is 10.2. The molecular weight excluding hydrogens is 344 g/mol. The van der Waals surface area contributed by atoms with Crippen LogP contribution in [-0.4, -0.2) is 37.8 Å². The summed E-state index contributed by atoms with van der Waals surface area (Å²) in [6.45, 7) is 1.73. The molecule has 0 radical (unpaired) electrons. The number of rotatable bonds is 4. The van der Waals surface area contributed by atoms with Crippen LogP contribution in [0.4, 0.5) is 0 Å². The topological polar surface area (TPSA) is 89.7 Å². The molecule has 0 amide bonds. The highest BCUT2D eigenvalue weighted by atomic mass is 32.2. The van der Waals surface area contributed by atoms with Crippen molar-refractivity contribution in [2.45, 2.75) is 11.8 Å². The van der Waals surface area contributed by atoms with Crippen LogP contribution >= 0.6 is 0 Å². The second-order valence-corrected chi connectivity index (χ2v) is 7.72. The van der Waals surface area contributed by atoms with Crippen molar-refractivity contribution in [1.29, 1.82) is 0 Å². The molecule has 0 unspecified atom stereocenters. The summed E-state index contributed by atoms with van der Waals surface area (Å²) >= 11 is 0. The number of sulfonamides is 1. The van der Waals surface area contributed by atoms with Crippen molar-refractivity contribution in [3.63, 3.8) is 0 Å². The van der Waals surface area contributed by atoms with Crippen LogP contribution in [0.3, 0.4) is 0 Å². The van der Waals surface area contributed by atoms with Gasteiger partial charge in [0, 0.05) is 27.1 Å². The molecule has 7 nitrogen and oxygen atoms in total. The van der Waals surface area contributed by atoms with Gasteiger partial charge in [-0.25, -0.2) is 22.5 Å². The number of aromatic nitrogens is 1. The molecule has 1 heterocycles. The molecule has 3 rings (SSSR count). The summed E-state index contributed by atoms with van der Waals surface area (Å²) < 4.78 is 35.9. The Morgan fingerprint density at radius 2 is 1.80 bits per heavy atom. The molecule has 0 aliphatic rings. The van der Waals surface area contributed by atoms with Crippen LogP contribution in [0.1, 0.15) is 16.2 Å². The first kappa shape index (κ1) is 17.1. The monoisotopic (exact) mass is 360 g/mol. The molecule has 3 aromatic rings. The number of benzene rings is 2. The van der Waals surface area contributed by atoms with Gasteiger partial charge in [0.1, 0.15) is 11.3 Å². The number of hydrogen-bond donors (Lipinski definition) is 0. The second kappa shape index (κ2) is 6.30. The highest BCUT2D eigenvalue weighted by molar-refractivity contribution is 7.89. The molecule has 25 heavy (non-hydrogen) atoms. The minimum atomic E-state index is -3.54. The molecule has 0 fully saturated rings. The third-order valence-electron chi connectivity index (χ3n) is 3.55. The molecular formula is C17H16N2O5S. The van der Waals surface area contributed by atoms with Gasteiger partial charge in [0.05, 0.1) is 10.5 Å². The molecule has 0 aliphatic heterocycles. The van der Waals surface area contributed by atoms with Crippen LogP contribution in [0.15, 0.2) is 51.8 Å². The van der Waals surface area contributed by atoms with Gasteiger partial charge in [-0.05, 0) is 36.4 Å². The molecule has 0 saturated carbocycles. The van der Waals surface area contributed by atoms with E-state index in [1.807, 2.05) is 0 Å². The minimum Gasteiger partial charge on any atom is -0.441 e. The Morgan fingerprint density at radius 3 is 2.44 bits per heavy atom. The van der Waals surface area contributed by atoms with E-state index in [-0.39, 0.29) is 10.5 Å². The average Bonchev–Trinajstić information content (AvgIpc) is 2.94. The van der Waals surface area contributed by atoms with Crippen LogP contribution in [0.5, 0.6) is 5.75 Å². The van der Waals surface area contributed by atoms with Crippen molar-refractivity contribution >= 4 is 27.1 Å². The Balaban J connectivity index is 1.80. The molecule has 0 atom stereocenters. The van der Waals surface area contributed by atoms with E-state index in [0.29, 0.717) is 22.7 Å². The number of esters is 1. The van der Waals surface area contributed by atoms with E-state index in [1.54, 1.807) is 25.1 Å². The summed E-state index contributed by atoms with van der Waals surface area (Å²) in [5, 5.41) is 0. The normalized spacial score (nSPS) is 11.8. The van der Waals surface area contributed by atoms with Gasteiger partial charge in [0.25, 0.3) is 0 Å². The largest absolute Gasteiger partial charge is 0.441 e. The van der Waals surface area contributed by atoms with Crippen molar-refractivity contribution in [3.05, 3.63) is 53.9 Å². The summed E-state index contributed by atoms with van der Waals surface area (Å²) in [6.07, 6.45) is 0. The van der Waals surface area contributed by atoms with Gasteiger partial charge in [-0.2, -0.15) is 0 Å². The van der Waals surface area contributed by atoms with Crippen LogP contribution in [0.25, 0.3) is 11.1 Å². The Morgan fingerprint density at radius 1 is 1.12 bits per heavy atom. The number of carbonyl (C=O) groups excluding carboxylic acids is 1. The minimum absolute atomic E-state index is 0.104. The van der Waals surface area contributed by atoms with Crippen molar-refractivity contribution in [2.24, 2.45) is 0 Å². The van der Waals surface area contributed by atoms with Crippen LogP contribution in [0, 0.1) is 6.92 Å². The van der Waals surface area contributed by atoms with E-state index in [4.69, 9.17) is 9.15 Å². The molecule has 8 heteroatoms. The fourth-order valence-electron chi connectivity index (χ4n) is 2.22. The van der Waals surface area contributed by atoms with Crippen molar-refractivity contribution in [2.75, 3.05) is 14.1 Å². The van der Waals surface area contributed by atoms with E-state index in [2.05, 4.69) is 4.98 Å². The number of fused-ring (bicyclic) bond motifs is 1. The Labute approximate surface area is 144 Å². The number of nitrogens with zero attached hydrogens (tertiary/aromatic N) is 2. The summed E-state index contributed by atoms with van der Waals surface area (Å²) in [5.41, 5.74) is 1.44. The number of oxazole rings is 1. The van der Waals surface area contributed by atoms with Crippen LogP contribution in [0.2, 0.25) is 0 Å². The predicted molar refractivity (Wildman–Crippen MR) is 91.0 cm³/mol. The first-order valence-electron chi connectivity index (χ1n) is 7.39. The van der Waals surface area contributed by atoms with Crippen LogP contribution < -0.4 is 4.74 Å². The number of ether oxygens (including phenoxy) is 1. The fourth-order valence-corrected chi connectivity index (χ4v) is 3.13. The van der Waals surface area contributed by atoms with E-state index >= 15 is 0 Å². The molecule has 1 aromatic heterocycles. The lowest BCUT2D eigenvalue weighted by Crippen LogP contribution is -2.22. The van der Waals surface area contributed by atoms with Gasteiger partial charge in [0.15, 0.2) is 11.5 Å². The zero-order valence-electron chi connectivity index (χ0n) is 13.9. The lowest BCUT2D eigenvalue weighted by molar-refractivity contribution is 0.0735. The smallest absolute Gasteiger partial charge is 0.343 e. The first-order valence-corrected chi connectivity index (χ1v) is 8.83.